The molecule has 0 spiro atoms. The van der Waals surface area contributed by atoms with Gasteiger partial charge in [0.15, 0.2) is 6.10 Å². The van der Waals surface area contributed by atoms with E-state index in [0.717, 1.165) is 5.56 Å². The first-order valence-corrected chi connectivity index (χ1v) is 11.2. The van der Waals surface area contributed by atoms with Gasteiger partial charge in [-0.25, -0.2) is 8.42 Å². The molecule has 1 N–H and O–H groups in total. The highest BCUT2D eigenvalue weighted by Gasteiger charge is 2.37. The van der Waals surface area contributed by atoms with Gasteiger partial charge in [0, 0.05) is 12.1 Å². The maximum atomic E-state index is 13.3. The van der Waals surface area contributed by atoms with Gasteiger partial charge in [0.25, 0.3) is 15.9 Å². The monoisotopic (exact) mass is 438 g/mol. The van der Waals surface area contributed by atoms with Crippen LogP contribution >= 0.6 is 0 Å². The maximum absolute atomic E-state index is 13.3. The lowest BCUT2D eigenvalue weighted by molar-refractivity contribution is -0.127. The number of carbonyl (C=O) groups is 1. The summed E-state index contributed by atoms with van der Waals surface area (Å²) in [7, 11) is -2.30. The summed E-state index contributed by atoms with van der Waals surface area (Å²) in [5.41, 5.74) is 1.21. The highest BCUT2D eigenvalue weighted by atomic mass is 32.2. The summed E-state index contributed by atoms with van der Waals surface area (Å²) in [6.45, 7) is 0.0990. The molecule has 8 heteroatoms. The quantitative estimate of drug-likeness (QED) is 0.640. The van der Waals surface area contributed by atoms with Crippen LogP contribution in [-0.4, -0.2) is 34.1 Å². The van der Waals surface area contributed by atoms with Gasteiger partial charge >= 0.3 is 0 Å². The molecular formula is C23H22N2O5S. The van der Waals surface area contributed by atoms with Crippen LogP contribution in [-0.2, 0) is 21.4 Å². The predicted molar refractivity (Wildman–Crippen MR) is 117 cm³/mol. The van der Waals surface area contributed by atoms with E-state index in [4.69, 9.17) is 9.47 Å². The van der Waals surface area contributed by atoms with Crippen molar-refractivity contribution in [3.05, 3.63) is 84.4 Å². The van der Waals surface area contributed by atoms with Gasteiger partial charge in [-0.05, 0) is 30.3 Å². The molecule has 160 valence electrons. The zero-order valence-corrected chi connectivity index (χ0v) is 17.7. The summed E-state index contributed by atoms with van der Waals surface area (Å²) >= 11 is 0. The Hall–Kier alpha value is -3.52. The first-order chi connectivity index (χ1) is 15.0. The molecule has 0 bridgehead atoms. The largest absolute Gasteiger partial charge is 0.496 e. The van der Waals surface area contributed by atoms with Crippen LogP contribution in [0.15, 0.2) is 83.8 Å². The van der Waals surface area contributed by atoms with Gasteiger partial charge in [-0.3, -0.25) is 9.10 Å². The predicted octanol–water partition coefficient (Wildman–Crippen LogP) is 2.97. The minimum absolute atomic E-state index is 0.133. The number of anilines is 1. The standard InChI is InChI=1S/C23H22N2O5S/c1-29-20-13-7-5-9-17(20)15-24-23(26)22-16-25(19-12-6-8-14-21(19)30-22)31(27,28)18-10-3-2-4-11-18/h2-14,22H,15-16H2,1H3,(H,24,26)/t22-/m0/s1. The third-order valence-electron chi connectivity index (χ3n) is 5.00. The number of fused-ring (bicyclic) bond motifs is 1. The Balaban J connectivity index is 1.59. The summed E-state index contributed by atoms with van der Waals surface area (Å²) in [5, 5.41) is 2.82. The lowest BCUT2D eigenvalue weighted by Crippen LogP contribution is -2.50. The van der Waals surface area contributed by atoms with Crippen LogP contribution < -0.4 is 19.1 Å². The Morgan fingerprint density at radius 1 is 1.03 bits per heavy atom. The van der Waals surface area contributed by atoms with Crippen molar-refractivity contribution >= 4 is 21.6 Å². The Morgan fingerprint density at radius 3 is 2.48 bits per heavy atom. The highest BCUT2D eigenvalue weighted by molar-refractivity contribution is 7.92. The fourth-order valence-corrected chi connectivity index (χ4v) is 4.93. The summed E-state index contributed by atoms with van der Waals surface area (Å²) in [4.78, 5) is 13.0. The average molecular weight is 439 g/mol. The molecule has 0 aliphatic carbocycles. The van der Waals surface area contributed by atoms with Crippen LogP contribution in [0.5, 0.6) is 11.5 Å². The third kappa shape index (κ3) is 4.20. The fraction of sp³-hybridized carbons (Fsp3) is 0.174. The number of hydrogen-bond acceptors (Lipinski definition) is 5. The Bertz CT molecular complexity index is 1180. The molecule has 3 aromatic rings. The summed E-state index contributed by atoms with van der Waals surface area (Å²) in [6, 6.07) is 22.3. The van der Waals surface area contributed by atoms with E-state index in [1.807, 2.05) is 24.3 Å². The first-order valence-electron chi connectivity index (χ1n) is 9.74. The number of para-hydroxylation sites is 3. The summed E-state index contributed by atoms with van der Waals surface area (Å²) < 4.78 is 39.0. The molecule has 0 saturated heterocycles. The first kappa shape index (κ1) is 20.7. The van der Waals surface area contributed by atoms with E-state index in [1.54, 1.807) is 49.6 Å². The molecule has 4 rings (SSSR count). The zero-order chi connectivity index (χ0) is 21.8. The molecule has 0 unspecified atom stereocenters. The number of methoxy groups -OCH3 is 1. The molecule has 1 amide bonds. The van der Waals surface area contributed by atoms with E-state index in [-0.39, 0.29) is 18.0 Å². The van der Waals surface area contributed by atoms with Crippen molar-refractivity contribution in [3.8, 4) is 11.5 Å². The number of rotatable bonds is 6. The van der Waals surface area contributed by atoms with Gasteiger partial charge in [-0.15, -0.1) is 0 Å². The normalized spacial score (nSPS) is 15.5. The minimum atomic E-state index is -3.87. The van der Waals surface area contributed by atoms with Crippen molar-refractivity contribution < 1.29 is 22.7 Å². The number of hydrogen-bond donors (Lipinski definition) is 1. The molecule has 0 saturated carbocycles. The second-order valence-electron chi connectivity index (χ2n) is 6.95. The van der Waals surface area contributed by atoms with E-state index in [9.17, 15) is 13.2 Å². The lowest BCUT2D eigenvalue weighted by atomic mass is 10.2. The van der Waals surface area contributed by atoms with Crippen LogP contribution in [0.4, 0.5) is 5.69 Å². The van der Waals surface area contributed by atoms with E-state index < -0.39 is 22.0 Å². The van der Waals surface area contributed by atoms with Crippen LogP contribution in [0.3, 0.4) is 0 Å². The average Bonchev–Trinajstić information content (AvgIpc) is 2.82. The number of carbonyl (C=O) groups excluding carboxylic acids is 1. The summed E-state index contributed by atoms with van der Waals surface area (Å²) in [5.74, 6) is 0.588. The van der Waals surface area contributed by atoms with E-state index in [2.05, 4.69) is 5.32 Å². The van der Waals surface area contributed by atoms with Crippen LogP contribution in [0.1, 0.15) is 5.56 Å². The molecule has 31 heavy (non-hydrogen) atoms. The maximum Gasteiger partial charge on any atom is 0.264 e. The Kier molecular flexibility index (Phi) is 5.81. The molecular weight excluding hydrogens is 416 g/mol. The fourth-order valence-electron chi connectivity index (χ4n) is 3.43. The van der Waals surface area contributed by atoms with Gasteiger partial charge < -0.3 is 14.8 Å². The van der Waals surface area contributed by atoms with Crippen molar-refractivity contribution in [1.29, 1.82) is 0 Å². The van der Waals surface area contributed by atoms with E-state index >= 15 is 0 Å². The van der Waals surface area contributed by atoms with Crippen LogP contribution in [0.2, 0.25) is 0 Å². The van der Waals surface area contributed by atoms with Gasteiger partial charge in [0.1, 0.15) is 11.5 Å². The van der Waals surface area contributed by atoms with Crippen molar-refractivity contribution in [2.24, 2.45) is 0 Å². The molecule has 0 radical (unpaired) electrons. The van der Waals surface area contributed by atoms with E-state index in [0.29, 0.717) is 17.2 Å². The van der Waals surface area contributed by atoms with Gasteiger partial charge in [0.2, 0.25) is 0 Å². The van der Waals surface area contributed by atoms with Crippen LogP contribution in [0, 0.1) is 0 Å². The molecule has 3 aromatic carbocycles. The zero-order valence-electron chi connectivity index (χ0n) is 16.9. The van der Waals surface area contributed by atoms with Gasteiger partial charge in [-0.1, -0.05) is 48.5 Å². The number of ether oxygens (including phenoxy) is 2. The number of nitrogens with zero attached hydrogens (tertiary/aromatic N) is 1. The topological polar surface area (TPSA) is 84.9 Å². The highest BCUT2D eigenvalue weighted by Crippen LogP contribution is 2.36. The van der Waals surface area contributed by atoms with E-state index in [1.165, 1.54) is 16.4 Å². The smallest absolute Gasteiger partial charge is 0.264 e. The molecule has 7 nitrogen and oxygen atoms in total. The van der Waals surface area contributed by atoms with Gasteiger partial charge in [0.05, 0.1) is 24.2 Å². The number of amides is 1. The molecule has 1 aliphatic heterocycles. The molecule has 1 atom stereocenters. The van der Waals surface area contributed by atoms with Crippen molar-refractivity contribution in [2.45, 2.75) is 17.5 Å². The Labute approximate surface area is 181 Å². The summed E-state index contributed by atoms with van der Waals surface area (Å²) in [6.07, 6.45) is -0.997. The second kappa shape index (κ2) is 8.69. The molecule has 0 aromatic heterocycles. The van der Waals surface area contributed by atoms with Gasteiger partial charge in [-0.2, -0.15) is 0 Å². The number of sulfonamides is 1. The Morgan fingerprint density at radius 2 is 1.71 bits per heavy atom. The number of benzene rings is 3. The van der Waals surface area contributed by atoms with Crippen LogP contribution in [0.25, 0.3) is 0 Å². The third-order valence-corrected chi connectivity index (χ3v) is 6.80. The molecule has 1 heterocycles. The molecule has 1 aliphatic rings. The second-order valence-corrected chi connectivity index (χ2v) is 8.82. The lowest BCUT2D eigenvalue weighted by Gasteiger charge is -2.34. The minimum Gasteiger partial charge on any atom is -0.496 e. The van der Waals surface area contributed by atoms with Crippen molar-refractivity contribution in [1.82, 2.24) is 5.32 Å². The molecule has 0 fully saturated rings. The van der Waals surface area contributed by atoms with Crippen molar-refractivity contribution in [3.63, 3.8) is 0 Å². The number of nitrogens with one attached hydrogen (secondary N) is 1. The van der Waals surface area contributed by atoms with Crippen molar-refractivity contribution in [2.75, 3.05) is 18.0 Å². The SMILES string of the molecule is COc1ccccc1CNC(=O)[C@@H]1CN(S(=O)(=O)c2ccccc2)c2ccccc2O1.